The Balaban J connectivity index is 2.08. The zero-order valence-electron chi connectivity index (χ0n) is 11.6. The molecule has 0 bridgehead atoms. The third-order valence-electron chi connectivity index (χ3n) is 3.83. The third-order valence-corrected chi connectivity index (χ3v) is 6.97. The molecule has 1 fully saturated rings. The number of carbonyl (C=O) groups excluding carboxylic acids is 1. The predicted molar refractivity (Wildman–Crippen MR) is 80.0 cm³/mol. The molecule has 0 N–H and O–H groups in total. The normalized spacial score (nSPS) is 16.9. The van der Waals surface area contributed by atoms with Crippen molar-refractivity contribution in [3.8, 4) is 0 Å². The minimum absolute atomic E-state index is 0.386. The molecule has 21 heavy (non-hydrogen) atoms. The van der Waals surface area contributed by atoms with Crippen LogP contribution in [-0.4, -0.2) is 28.6 Å². The molecular weight excluding hydrogens is 312 g/mol. The molecule has 1 aliphatic carbocycles. The first-order valence-corrected chi connectivity index (χ1v) is 8.58. The van der Waals surface area contributed by atoms with E-state index < -0.39 is 14.9 Å². The predicted octanol–water partition coefficient (Wildman–Crippen LogP) is 2.65. The van der Waals surface area contributed by atoms with Gasteiger partial charge in [0.1, 0.15) is 9.62 Å². The number of carbonyl (C=O) groups is 1. The Hall–Kier alpha value is -1.44. The molecule has 0 spiro atoms. The van der Waals surface area contributed by atoms with Crippen LogP contribution in [0.3, 0.4) is 0 Å². The lowest BCUT2D eigenvalue weighted by Crippen LogP contribution is -2.21. The van der Waals surface area contributed by atoms with Gasteiger partial charge in [-0.15, -0.1) is 11.3 Å². The summed E-state index contributed by atoms with van der Waals surface area (Å²) >= 11 is 1.33. The summed E-state index contributed by atoms with van der Waals surface area (Å²) in [5, 5.41) is 0.843. The summed E-state index contributed by atoms with van der Waals surface area (Å²) in [4.78, 5) is 12.1. The van der Waals surface area contributed by atoms with Crippen LogP contribution in [0.2, 0.25) is 0 Å². The van der Waals surface area contributed by atoms with Crippen molar-refractivity contribution in [1.29, 1.82) is 0 Å². The van der Waals surface area contributed by atoms with Gasteiger partial charge in [-0.1, -0.05) is 6.07 Å². The van der Waals surface area contributed by atoms with Crippen molar-refractivity contribution in [2.45, 2.75) is 17.6 Å². The van der Waals surface area contributed by atoms with Gasteiger partial charge in [0.25, 0.3) is 10.1 Å². The van der Waals surface area contributed by atoms with E-state index in [9.17, 15) is 13.2 Å². The summed E-state index contributed by atoms with van der Waals surface area (Å²) in [5.41, 5.74) is 0.714. The second kappa shape index (κ2) is 4.79. The van der Waals surface area contributed by atoms with Crippen molar-refractivity contribution < 1.29 is 22.1 Å². The van der Waals surface area contributed by atoms with Crippen LogP contribution in [0.1, 0.15) is 28.1 Å². The highest BCUT2D eigenvalue weighted by Gasteiger charge is 2.56. The maximum Gasteiger partial charge on any atom is 0.348 e. The van der Waals surface area contributed by atoms with Gasteiger partial charge in [-0.2, -0.15) is 8.42 Å². The zero-order chi connectivity index (χ0) is 15.3. The standard InChI is InChI=1S/C14H14O5S2/c1-18-13(15)12-8-9-7-10(3-4-11(9)20-12)14(5-6-14)21(16,17)19-2/h3-4,7-8H,5-6H2,1-2H3. The van der Waals surface area contributed by atoms with Crippen molar-refractivity contribution >= 4 is 37.5 Å². The Morgan fingerprint density at radius 1 is 1.24 bits per heavy atom. The fraction of sp³-hybridized carbons (Fsp3) is 0.357. The van der Waals surface area contributed by atoms with Crippen LogP contribution in [-0.2, 0) is 23.8 Å². The van der Waals surface area contributed by atoms with E-state index in [4.69, 9.17) is 8.92 Å². The van der Waals surface area contributed by atoms with Crippen LogP contribution in [0.4, 0.5) is 0 Å². The molecule has 1 aliphatic rings. The second-order valence-electron chi connectivity index (χ2n) is 4.97. The van der Waals surface area contributed by atoms with Crippen molar-refractivity contribution in [2.75, 3.05) is 14.2 Å². The molecule has 112 valence electrons. The number of fused-ring (bicyclic) bond motifs is 1. The number of benzene rings is 1. The van der Waals surface area contributed by atoms with Gasteiger partial charge in [0, 0.05) is 4.70 Å². The van der Waals surface area contributed by atoms with Crippen LogP contribution in [0.15, 0.2) is 24.3 Å². The highest BCUT2D eigenvalue weighted by molar-refractivity contribution is 7.88. The summed E-state index contributed by atoms with van der Waals surface area (Å²) in [6.07, 6.45) is 1.12. The Morgan fingerprint density at radius 3 is 2.52 bits per heavy atom. The first-order chi connectivity index (χ1) is 9.93. The van der Waals surface area contributed by atoms with Gasteiger partial charge in [0.05, 0.1) is 14.2 Å². The molecule has 0 unspecified atom stereocenters. The maximum atomic E-state index is 12.1. The number of hydrogen-bond acceptors (Lipinski definition) is 6. The third kappa shape index (κ3) is 2.16. The van der Waals surface area contributed by atoms with Crippen molar-refractivity contribution in [3.63, 3.8) is 0 Å². The summed E-state index contributed by atoms with van der Waals surface area (Å²) < 4.78 is 33.6. The van der Waals surface area contributed by atoms with E-state index in [-0.39, 0.29) is 5.97 Å². The number of ether oxygens (including phenoxy) is 1. The van der Waals surface area contributed by atoms with Gasteiger partial charge in [0.2, 0.25) is 0 Å². The highest BCUT2D eigenvalue weighted by atomic mass is 32.2. The number of esters is 1. The molecule has 0 radical (unpaired) electrons. The van der Waals surface area contributed by atoms with Gasteiger partial charge < -0.3 is 4.74 Å². The number of hydrogen-bond donors (Lipinski definition) is 0. The molecule has 1 aromatic heterocycles. The lowest BCUT2D eigenvalue weighted by atomic mass is 10.1. The molecule has 1 aromatic carbocycles. The van der Waals surface area contributed by atoms with Gasteiger partial charge in [-0.05, 0) is 42.0 Å². The molecular formula is C14H14O5S2. The monoisotopic (exact) mass is 326 g/mol. The Labute approximate surface area is 126 Å². The highest BCUT2D eigenvalue weighted by Crippen LogP contribution is 2.53. The average molecular weight is 326 g/mol. The Morgan fingerprint density at radius 2 is 1.95 bits per heavy atom. The van der Waals surface area contributed by atoms with Gasteiger partial charge in [-0.3, -0.25) is 4.18 Å². The maximum absolute atomic E-state index is 12.1. The van der Waals surface area contributed by atoms with Crippen LogP contribution in [0.25, 0.3) is 10.1 Å². The fourth-order valence-corrected chi connectivity index (χ4v) is 4.78. The first kappa shape index (κ1) is 14.5. The van der Waals surface area contributed by atoms with Gasteiger partial charge in [0.15, 0.2) is 0 Å². The van der Waals surface area contributed by atoms with Gasteiger partial charge >= 0.3 is 5.97 Å². The molecule has 0 aliphatic heterocycles. The Kier molecular flexibility index (Phi) is 3.31. The first-order valence-electron chi connectivity index (χ1n) is 6.36. The van der Waals surface area contributed by atoms with E-state index in [0.29, 0.717) is 23.3 Å². The number of methoxy groups -OCH3 is 1. The summed E-state index contributed by atoms with van der Waals surface area (Å²) in [6, 6.07) is 7.18. The van der Waals surface area contributed by atoms with E-state index in [1.54, 1.807) is 12.1 Å². The topological polar surface area (TPSA) is 69.7 Å². The molecule has 0 amide bonds. The molecule has 0 saturated heterocycles. The Bertz CT molecular complexity index is 815. The van der Waals surface area contributed by atoms with Crippen LogP contribution in [0.5, 0.6) is 0 Å². The molecule has 1 saturated carbocycles. The minimum atomic E-state index is -3.61. The summed E-state index contributed by atoms with van der Waals surface area (Å²) in [6.45, 7) is 0. The van der Waals surface area contributed by atoms with Crippen LogP contribution >= 0.6 is 11.3 Å². The van der Waals surface area contributed by atoms with Crippen LogP contribution in [0, 0.1) is 0 Å². The van der Waals surface area contributed by atoms with E-state index in [2.05, 4.69) is 0 Å². The molecule has 7 heteroatoms. The zero-order valence-corrected chi connectivity index (χ0v) is 13.2. The molecule has 1 heterocycles. The number of rotatable bonds is 4. The largest absolute Gasteiger partial charge is 0.465 e. The summed E-state index contributed by atoms with van der Waals surface area (Å²) in [7, 11) is -1.09. The lowest BCUT2D eigenvalue weighted by molar-refractivity contribution is 0.0606. The van der Waals surface area contributed by atoms with Crippen molar-refractivity contribution in [1.82, 2.24) is 0 Å². The van der Waals surface area contributed by atoms with Crippen molar-refractivity contribution in [2.24, 2.45) is 0 Å². The van der Waals surface area contributed by atoms with E-state index in [0.717, 1.165) is 10.1 Å². The quantitative estimate of drug-likeness (QED) is 0.638. The SMILES string of the molecule is COC(=O)c1cc2cc(C3(S(=O)(=O)OC)CC3)ccc2s1. The molecule has 3 rings (SSSR count). The number of thiophene rings is 1. The van der Waals surface area contributed by atoms with E-state index >= 15 is 0 Å². The van der Waals surface area contributed by atoms with E-state index in [1.807, 2.05) is 12.1 Å². The minimum Gasteiger partial charge on any atom is -0.465 e. The van der Waals surface area contributed by atoms with Crippen LogP contribution < -0.4 is 0 Å². The molecule has 2 aromatic rings. The summed E-state index contributed by atoms with van der Waals surface area (Å²) in [5.74, 6) is -0.386. The second-order valence-corrected chi connectivity index (χ2v) is 8.08. The smallest absolute Gasteiger partial charge is 0.348 e. The fourth-order valence-electron chi connectivity index (χ4n) is 2.48. The molecule has 5 nitrogen and oxygen atoms in total. The lowest BCUT2D eigenvalue weighted by Gasteiger charge is -2.14. The molecule has 0 atom stereocenters. The van der Waals surface area contributed by atoms with E-state index in [1.165, 1.54) is 25.6 Å². The average Bonchev–Trinajstić information content (AvgIpc) is 3.20. The van der Waals surface area contributed by atoms with Crippen molar-refractivity contribution in [3.05, 3.63) is 34.7 Å². The van der Waals surface area contributed by atoms with Gasteiger partial charge in [-0.25, -0.2) is 4.79 Å².